The normalized spacial score (nSPS) is 13.2. The molecule has 1 atom stereocenters. The Bertz CT molecular complexity index is 548. The summed E-state index contributed by atoms with van der Waals surface area (Å²) in [5.41, 5.74) is 2.28. The van der Waals surface area contributed by atoms with Gasteiger partial charge in [-0.1, -0.05) is 26.0 Å². The van der Waals surface area contributed by atoms with Crippen LogP contribution in [0.3, 0.4) is 0 Å². The molecule has 20 heavy (non-hydrogen) atoms. The maximum atomic E-state index is 5.28. The molecule has 0 fully saturated rings. The summed E-state index contributed by atoms with van der Waals surface area (Å²) in [7, 11) is 1.75. The van der Waals surface area contributed by atoms with Gasteiger partial charge >= 0.3 is 0 Å². The second-order valence-corrected chi connectivity index (χ2v) is 5.45. The Kier molecular flexibility index (Phi) is 5.15. The van der Waals surface area contributed by atoms with Crippen LogP contribution in [0.4, 0.5) is 0 Å². The average Bonchev–Trinajstić information content (AvgIpc) is 2.80. The van der Waals surface area contributed by atoms with Gasteiger partial charge in [-0.15, -0.1) is 0 Å². The third kappa shape index (κ3) is 3.19. The Balaban J connectivity index is 2.16. The Morgan fingerprint density at radius 3 is 2.70 bits per heavy atom. The lowest BCUT2D eigenvalue weighted by Gasteiger charge is -2.21. The molecule has 0 saturated heterocycles. The van der Waals surface area contributed by atoms with E-state index in [-0.39, 0.29) is 0 Å². The van der Waals surface area contributed by atoms with Gasteiger partial charge in [-0.05, 0) is 25.0 Å². The third-order valence-electron chi connectivity index (χ3n) is 3.72. The van der Waals surface area contributed by atoms with Crippen molar-refractivity contribution in [2.75, 3.05) is 13.7 Å². The van der Waals surface area contributed by atoms with E-state index < -0.39 is 0 Å². The summed E-state index contributed by atoms with van der Waals surface area (Å²) in [5, 5.41) is 3.56. The molecule has 0 spiro atoms. The van der Waals surface area contributed by atoms with Gasteiger partial charge in [0, 0.05) is 19.7 Å². The predicted molar refractivity (Wildman–Crippen MR) is 82.7 cm³/mol. The van der Waals surface area contributed by atoms with Crippen LogP contribution in [0.25, 0.3) is 11.0 Å². The molecule has 4 heteroatoms. The Labute approximate surface area is 121 Å². The molecular weight excluding hydrogens is 250 g/mol. The Morgan fingerprint density at radius 2 is 2.05 bits per heavy atom. The number of imidazole rings is 1. The third-order valence-corrected chi connectivity index (χ3v) is 3.72. The number of aryl methyl sites for hydroxylation is 1. The molecule has 2 aromatic rings. The molecule has 110 valence electrons. The van der Waals surface area contributed by atoms with Crippen molar-refractivity contribution in [3.05, 3.63) is 30.1 Å². The molecule has 1 N–H and O–H groups in total. The molecule has 0 aliphatic rings. The number of ether oxygens (including phenoxy) is 1. The van der Waals surface area contributed by atoms with E-state index in [2.05, 4.69) is 48.9 Å². The van der Waals surface area contributed by atoms with Crippen LogP contribution >= 0.6 is 0 Å². The van der Waals surface area contributed by atoms with E-state index in [9.17, 15) is 0 Å². The molecule has 1 aromatic heterocycles. The summed E-state index contributed by atoms with van der Waals surface area (Å²) in [6.07, 6.45) is 0. The molecule has 4 nitrogen and oxygen atoms in total. The van der Waals surface area contributed by atoms with Crippen LogP contribution in [-0.4, -0.2) is 29.3 Å². The topological polar surface area (TPSA) is 39.1 Å². The van der Waals surface area contributed by atoms with Gasteiger partial charge in [0.05, 0.1) is 24.2 Å². The number of methoxy groups -OCH3 is 1. The van der Waals surface area contributed by atoms with Crippen LogP contribution in [0, 0.1) is 5.92 Å². The van der Waals surface area contributed by atoms with Gasteiger partial charge in [-0.25, -0.2) is 4.98 Å². The fourth-order valence-corrected chi connectivity index (χ4v) is 2.50. The zero-order valence-electron chi connectivity index (χ0n) is 12.9. The molecule has 0 aliphatic carbocycles. The molecule has 0 radical (unpaired) electrons. The molecule has 1 aromatic carbocycles. The van der Waals surface area contributed by atoms with Crippen molar-refractivity contribution in [3.8, 4) is 0 Å². The summed E-state index contributed by atoms with van der Waals surface area (Å²) < 4.78 is 7.55. The molecule has 0 saturated carbocycles. The van der Waals surface area contributed by atoms with Gasteiger partial charge in [0.15, 0.2) is 0 Å². The van der Waals surface area contributed by atoms with Crippen LogP contribution in [0.1, 0.15) is 26.6 Å². The van der Waals surface area contributed by atoms with Crippen LogP contribution in [-0.2, 0) is 17.8 Å². The lowest BCUT2D eigenvalue weighted by molar-refractivity contribution is 0.146. The first kappa shape index (κ1) is 15.0. The number of nitrogens with zero attached hydrogens (tertiary/aromatic N) is 2. The molecule has 0 amide bonds. The number of benzene rings is 1. The lowest BCUT2D eigenvalue weighted by Crippen LogP contribution is -2.37. The largest absolute Gasteiger partial charge is 0.383 e. The first-order valence-electron chi connectivity index (χ1n) is 7.33. The van der Waals surface area contributed by atoms with Gasteiger partial charge in [-0.2, -0.15) is 0 Å². The molecular formula is C16H25N3O. The fraction of sp³-hybridized carbons (Fsp3) is 0.562. The van der Waals surface area contributed by atoms with Crippen molar-refractivity contribution in [1.29, 1.82) is 0 Å². The van der Waals surface area contributed by atoms with Gasteiger partial charge in [-0.3, -0.25) is 0 Å². The number of fused-ring (bicyclic) bond motifs is 1. The highest BCUT2D eigenvalue weighted by molar-refractivity contribution is 5.75. The highest BCUT2D eigenvalue weighted by atomic mass is 16.5. The minimum absolute atomic E-state index is 0.352. The average molecular weight is 275 g/mol. The highest BCUT2D eigenvalue weighted by Crippen LogP contribution is 2.16. The maximum absolute atomic E-state index is 5.28. The van der Waals surface area contributed by atoms with Crippen LogP contribution in [0.2, 0.25) is 0 Å². The summed E-state index contributed by atoms with van der Waals surface area (Å²) in [5.74, 6) is 1.63. The van der Waals surface area contributed by atoms with Gasteiger partial charge in [0.2, 0.25) is 0 Å². The van der Waals surface area contributed by atoms with E-state index in [4.69, 9.17) is 9.72 Å². The molecule has 2 rings (SSSR count). The summed E-state index contributed by atoms with van der Waals surface area (Å²) >= 11 is 0. The summed E-state index contributed by atoms with van der Waals surface area (Å²) in [6.45, 7) is 9.01. The highest BCUT2D eigenvalue weighted by Gasteiger charge is 2.15. The summed E-state index contributed by atoms with van der Waals surface area (Å²) in [4.78, 5) is 4.73. The van der Waals surface area contributed by atoms with E-state index in [0.717, 1.165) is 31.0 Å². The molecule has 1 heterocycles. The van der Waals surface area contributed by atoms with Crippen LogP contribution in [0.15, 0.2) is 24.3 Å². The number of hydrogen-bond donors (Lipinski definition) is 1. The maximum Gasteiger partial charge on any atom is 0.123 e. The van der Waals surface area contributed by atoms with Crippen molar-refractivity contribution in [2.24, 2.45) is 5.92 Å². The molecule has 0 aliphatic heterocycles. The second-order valence-electron chi connectivity index (χ2n) is 5.45. The summed E-state index contributed by atoms with van der Waals surface area (Å²) in [6, 6.07) is 8.65. The first-order chi connectivity index (χ1) is 9.67. The fourth-order valence-electron chi connectivity index (χ4n) is 2.50. The molecule has 0 bridgehead atoms. The van der Waals surface area contributed by atoms with Gasteiger partial charge in [0.1, 0.15) is 5.82 Å². The van der Waals surface area contributed by atoms with Crippen molar-refractivity contribution in [2.45, 2.75) is 39.9 Å². The number of rotatable bonds is 7. The SMILES string of the molecule is CCn1c(CNC(COC)C(C)C)nc2ccccc21. The van der Waals surface area contributed by atoms with E-state index in [1.165, 1.54) is 5.52 Å². The monoisotopic (exact) mass is 275 g/mol. The zero-order valence-corrected chi connectivity index (χ0v) is 12.9. The van der Waals surface area contributed by atoms with E-state index >= 15 is 0 Å². The Hall–Kier alpha value is -1.39. The number of nitrogens with one attached hydrogen (secondary N) is 1. The van der Waals surface area contributed by atoms with E-state index in [1.807, 2.05) is 6.07 Å². The van der Waals surface area contributed by atoms with Crippen LogP contribution in [0.5, 0.6) is 0 Å². The van der Waals surface area contributed by atoms with Gasteiger partial charge in [0.25, 0.3) is 0 Å². The Morgan fingerprint density at radius 1 is 1.30 bits per heavy atom. The number of para-hydroxylation sites is 2. The van der Waals surface area contributed by atoms with E-state index in [1.54, 1.807) is 7.11 Å². The lowest BCUT2D eigenvalue weighted by atomic mass is 10.1. The minimum atomic E-state index is 0.352. The first-order valence-corrected chi connectivity index (χ1v) is 7.33. The minimum Gasteiger partial charge on any atom is -0.383 e. The van der Waals surface area contributed by atoms with Crippen molar-refractivity contribution in [1.82, 2.24) is 14.9 Å². The number of aromatic nitrogens is 2. The van der Waals surface area contributed by atoms with Crippen molar-refractivity contribution < 1.29 is 4.74 Å². The van der Waals surface area contributed by atoms with Crippen LogP contribution < -0.4 is 5.32 Å². The quantitative estimate of drug-likeness (QED) is 0.844. The standard InChI is InChI=1S/C16H25N3O/c1-5-19-15-9-7-6-8-13(15)18-16(19)10-17-14(11-20-4)12(2)3/h6-9,12,14,17H,5,10-11H2,1-4H3. The predicted octanol–water partition coefficient (Wildman–Crippen LogP) is 2.82. The van der Waals surface area contributed by atoms with Gasteiger partial charge < -0.3 is 14.6 Å². The smallest absolute Gasteiger partial charge is 0.123 e. The van der Waals surface area contributed by atoms with E-state index in [0.29, 0.717) is 12.0 Å². The van der Waals surface area contributed by atoms with Crippen molar-refractivity contribution in [3.63, 3.8) is 0 Å². The van der Waals surface area contributed by atoms with Crippen molar-refractivity contribution >= 4 is 11.0 Å². The molecule has 1 unspecified atom stereocenters. The number of hydrogen-bond acceptors (Lipinski definition) is 3. The second kappa shape index (κ2) is 6.86. The zero-order chi connectivity index (χ0) is 14.5.